The van der Waals surface area contributed by atoms with E-state index in [1.165, 1.54) is 10.9 Å². The van der Waals surface area contributed by atoms with Crippen LogP contribution in [0.4, 0.5) is 5.95 Å². The maximum atomic E-state index is 11.9. The number of ether oxygens (including phenoxy) is 2. The molecule has 14 heteroatoms. The summed E-state index contributed by atoms with van der Waals surface area (Å²) in [5, 5.41) is 9.67. The molecule has 2 bridgehead atoms. The van der Waals surface area contributed by atoms with Gasteiger partial charge in [-0.1, -0.05) is 0 Å². The standard InChI is InChI=1S/C11H14N5O8P/c12-10-14-7-4(8(18)15-10)13-3-16(7)9-5-6(24-25(19,20)21)11(1-17,23-9)2-22-5/h3,5-6,9,17H,1-2H2,(H2,19,20,21)(H3,12,14,15,18)/t5-,6+,9-,11+/m1/s1. The lowest BCUT2D eigenvalue weighted by Crippen LogP contribution is -2.45. The summed E-state index contributed by atoms with van der Waals surface area (Å²) in [6.07, 6.45) is -1.89. The summed E-state index contributed by atoms with van der Waals surface area (Å²) in [5.41, 5.74) is 3.64. The van der Waals surface area contributed by atoms with Gasteiger partial charge in [-0.25, -0.2) is 9.55 Å². The third kappa shape index (κ3) is 2.48. The van der Waals surface area contributed by atoms with Crippen LogP contribution in [0.15, 0.2) is 11.1 Å². The van der Waals surface area contributed by atoms with Crippen molar-refractivity contribution >= 4 is 24.9 Å². The van der Waals surface area contributed by atoms with E-state index in [0.717, 1.165) is 0 Å². The number of aromatic amines is 1. The van der Waals surface area contributed by atoms with Crippen molar-refractivity contribution in [1.29, 1.82) is 0 Å². The molecular weight excluding hydrogens is 361 g/mol. The molecule has 4 atom stereocenters. The Balaban J connectivity index is 1.78. The smallest absolute Gasteiger partial charge is 0.393 e. The highest BCUT2D eigenvalue weighted by atomic mass is 31.2. The number of H-pyrrole nitrogens is 1. The van der Waals surface area contributed by atoms with Gasteiger partial charge in [0.25, 0.3) is 5.56 Å². The molecule has 2 saturated heterocycles. The minimum atomic E-state index is -4.86. The number of nitrogens with two attached hydrogens (primary N) is 1. The summed E-state index contributed by atoms with van der Waals surface area (Å²) in [5.74, 6) is -0.136. The van der Waals surface area contributed by atoms with Crippen molar-refractivity contribution in [2.75, 3.05) is 18.9 Å². The summed E-state index contributed by atoms with van der Waals surface area (Å²) in [6.45, 7) is -0.703. The summed E-state index contributed by atoms with van der Waals surface area (Å²) < 4.78 is 28.6. The van der Waals surface area contributed by atoms with Gasteiger partial charge in [0.1, 0.15) is 17.8 Å². The molecule has 4 rings (SSSR count). The van der Waals surface area contributed by atoms with Crippen LogP contribution in [0.1, 0.15) is 6.23 Å². The minimum Gasteiger partial charge on any atom is -0.393 e. The zero-order valence-electron chi connectivity index (χ0n) is 12.5. The van der Waals surface area contributed by atoms with Gasteiger partial charge in [0.2, 0.25) is 5.95 Å². The van der Waals surface area contributed by atoms with Crippen LogP contribution in [-0.4, -0.2) is 65.4 Å². The van der Waals surface area contributed by atoms with Gasteiger partial charge in [-0.3, -0.25) is 18.9 Å². The number of imidazole rings is 1. The van der Waals surface area contributed by atoms with E-state index in [-0.39, 0.29) is 23.7 Å². The van der Waals surface area contributed by atoms with Crippen molar-refractivity contribution in [2.24, 2.45) is 0 Å². The zero-order valence-corrected chi connectivity index (χ0v) is 13.4. The molecule has 0 unspecified atom stereocenters. The molecule has 25 heavy (non-hydrogen) atoms. The predicted molar refractivity (Wildman–Crippen MR) is 79.2 cm³/mol. The van der Waals surface area contributed by atoms with Crippen molar-refractivity contribution in [3.63, 3.8) is 0 Å². The van der Waals surface area contributed by atoms with Gasteiger partial charge >= 0.3 is 7.82 Å². The molecule has 2 fully saturated rings. The quantitative estimate of drug-likeness (QED) is 0.365. The number of rotatable bonds is 4. The van der Waals surface area contributed by atoms with E-state index in [1.54, 1.807) is 0 Å². The molecule has 6 N–H and O–H groups in total. The Labute approximate surface area is 138 Å². The maximum absolute atomic E-state index is 11.9. The van der Waals surface area contributed by atoms with E-state index in [0.29, 0.717) is 0 Å². The number of nitrogens with zero attached hydrogens (tertiary/aromatic N) is 3. The van der Waals surface area contributed by atoms with Crippen LogP contribution < -0.4 is 11.3 Å². The second kappa shape index (κ2) is 5.32. The van der Waals surface area contributed by atoms with Crippen molar-refractivity contribution < 1.29 is 33.5 Å². The van der Waals surface area contributed by atoms with Gasteiger partial charge in [-0.15, -0.1) is 0 Å². The van der Waals surface area contributed by atoms with Gasteiger partial charge < -0.3 is 30.1 Å². The lowest BCUT2D eigenvalue weighted by molar-refractivity contribution is -0.185. The third-order valence-electron chi connectivity index (χ3n) is 4.22. The van der Waals surface area contributed by atoms with Crippen LogP contribution in [0.5, 0.6) is 0 Å². The van der Waals surface area contributed by atoms with Crippen molar-refractivity contribution in [2.45, 2.75) is 24.0 Å². The normalized spacial score (nSPS) is 31.9. The number of aromatic nitrogens is 4. The second-order valence-electron chi connectivity index (χ2n) is 5.80. The Bertz CT molecular complexity index is 938. The summed E-state index contributed by atoms with van der Waals surface area (Å²) >= 11 is 0. The van der Waals surface area contributed by atoms with Crippen LogP contribution in [0.25, 0.3) is 11.2 Å². The monoisotopic (exact) mass is 375 g/mol. The largest absolute Gasteiger partial charge is 0.470 e. The molecule has 0 saturated carbocycles. The van der Waals surface area contributed by atoms with Crippen molar-refractivity contribution in [3.05, 3.63) is 16.7 Å². The molecule has 0 aromatic carbocycles. The molecular formula is C11H14N5O8P. The first-order chi connectivity index (χ1) is 11.7. The average molecular weight is 375 g/mol. The number of nitrogens with one attached hydrogen (secondary N) is 1. The predicted octanol–water partition coefficient (Wildman–Crippen LogP) is -2.16. The van der Waals surface area contributed by atoms with E-state index < -0.39 is 44.0 Å². The molecule has 0 amide bonds. The number of aliphatic hydroxyl groups excluding tert-OH is 1. The minimum absolute atomic E-state index is 0.00563. The number of phosphoric acid groups is 1. The molecule has 2 aromatic rings. The fourth-order valence-corrected chi connectivity index (χ4v) is 3.78. The third-order valence-corrected chi connectivity index (χ3v) is 4.72. The fourth-order valence-electron chi connectivity index (χ4n) is 3.17. The van der Waals surface area contributed by atoms with E-state index in [9.17, 15) is 14.5 Å². The van der Waals surface area contributed by atoms with Crippen LogP contribution in [0, 0.1) is 0 Å². The summed E-state index contributed by atoms with van der Waals surface area (Å²) in [7, 11) is -4.86. The van der Waals surface area contributed by atoms with E-state index in [1.807, 2.05) is 0 Å². The van der Waals surface area contributed by atoms with Gasteiger partial charge in [0.05, 0.1) is 19.5 Å². The van der Waals surface area contributed by atoms with Crippen LogP contribution in [0.2, 0.25) is 0 Å². The molecule has 4 heterocycles. The Kier molecular flexibility index (Phi) is 3.53. The number of fused-ring (bicyclic) bond motifs is 3. The molecule has 2 aliphatic rings. The Hall–Kier alpha value is -1.86. The van der Waals surface area contributed by atoms with Crippen LogP contribution >= 0.6 is 7.82 Å². The highest BCUT2D eigenvalue weighted by molar-refractivity contribution is 7.46. The van der Waals surface area contributed by atoms with Crippen molar-refractivity contribution in [3.8, 4) is 0 Å². The summed E-state index contributed by atoms with van der Waals surface area (Å²) in [4.78, 5) is 40.4. The number of nitrogen functional groups attached to an aromatic ring is 1. The van der Waals surface area contributed by atoms with Crippen LogP contribution in [-0.2, 0) is 18.6 Å². The molecule has 136 valence electrons. The highest BCUT2D eigenvalue weighted by Gasteiger charge is 2.64. The number of aliphatic hydroxyl groups is 1. The SMILES string of the molecule is Nc1nc2c(ncn2[C@@H]2O[C@@]3(CO)CO[C@@H]2[C@@H]3OP(=O)(O)O)c(=O)[nH]1. The first kappa shape index (κ1) is 16.6. The fraction of sp³-hybridized carbons (Fsp3) is 0.545. The summed E-state index contributed by atoms with van der Waals surface area (Å²) in [6, 6.07) is 0. The lowest BCUT2D eigenvalue weighted by atomic mass is 10.0. The van der Waals surface area contributed by atoms with Gasteiger partial charge in [0, 0.05) is 0 Å². The first-order valence-corrected chi connectivity index (χ1v) is 8.64. The van der Waals surface area contributed by atoms with Gasteiger partial charge in [-0.2, -0.15) is 4.98 Å². The van der Waals surface area contributed by atoms with E-state index in [2.05, 4.69) is 15.0 Å². The number of hydrogen-bond acceptors (Lipinski definition) is 9. The molecule has 13 nitrogen and oxygen atoms in total. The second-order valence-corrected chi connectivity index (χ2v) is 6.99. The first-order valence-electron chi connectivity index (χ1n) is 7.11. The number of anilines is 1. The number of hydrogen-bond donors (Lipinski definition) is 5. The molecule has 2 aromatic heterocycles. The van der Waals surface area contributed by atoms with E-state index >= 15 is 0 Å². The lowest BCUT2D eigenvalue weighted by Gasteiger charge is -2.29. The zero-order chi connectivity index (χ0) is 18.0. The highest BCUT2D eigenvalue weighted by Crippen LogP contribution is 2.52. The maximum Gasteiger partial charge on any atom is 0.470 e. The molecule has 0 radical (unpaired) electrons. The topological polar surface area (TPSA) is 195 Å². The van der Waals surface area contributed by atoms with Gasteiger partial charge in [0.15, 0.2) is 17.4 Å². The Morgan fingerprint density at radius 2 is 2.32 bits per heavy atom. The van der Waals surface area contributed by atoms with Gasteiger partial charge in [-0.05, 0) is 0 Å². The van der Waals surface area contributed by atoms with E-state index in [4.69, 9.17) is 29.5 Å². The Morgan fingerprint density at radius 3 is 3.00 bits per heavy atom. The van der Waals surface area contributed by atoms with Crippen LogP contribution in [0.3, 0.4) is 0 Å². The van der Waals surface area contributed by atoms with Crippen molar-refractivity contribution in [1.82, 2.24) is 19.5 Å². The molecule has 2 aliphatic heterocycles. The molecule has 0 spiro atoms. The number of phosphoric ester groups is 1. The average Bonchev–Trinajstić information content (AvgIpc) is 3.16. The Morgan fingerprint density at radius 1 is 1.56 bits per heavy atom. The molecule has 0 aliphatic carbocycles.